The van der Waals surface area contributed by atoms with Gasteiger partial charge in [0.05, 0.1) is 6.61 Å². The van der Waals surface area contributed by atoms with Crippen molar-refractivity contribution in [2.24, 2.45) is 11.8 Å². The van der Waals surface area contributed by atoms with E-state index in [1.54, 1.807) is 31.5 Å². The number of hydrogen-bond acceptors (Lipinski definition) is 7. The number of carbonyl (C=O) groups excluding carboxylic acids is 1. The molecule has 2 aliphatic rings. The van der Waals surface area contributed by atoms with Crippen molar-refractivity contribution in [2.45, 2.75) is 97.6 Å². The van der Waals surface area contributed by atoms with Gasteiger partial charge in [0.25, 0.3) is 11.1 Å². The van der Waals surface area contributed by atoms with E-state index in [9.17, 15) is 33.1 Å². The van der Waals surface area contributed by atoms with E-state index in [1.165, 1.54) is 21.3 Å². The summed E-state index contributed by atoms with van der Waals surface area (Å²) in [5, 5.41) is 9.41. The highest BCUT2D eigenvalue weighted by molar-refractivity contribution is 5.74. The summed E-state index contributed by atoms with van der Waals surface area (Å²) >= 11 is 0. The molecule has 4 rings (SSSR count). The standard InChI is InChI=1S/C19H29FN2O3.C17H25FN2O3/c1-4-25-19(24)17(11-14(2)3)22-12-15(5-6-18(22)23)7-9-21-10-8-16(20)13-21;1-12(2)9-15(17(22)23)20-10-13(3-4-16(20)21)5-7-19-8-6-14(18)11-19/h5-6,12,14,16-17H,4,7-11,13H2,1-3H3;3-4,10,12,14-15H,5-9,11H2,1-2H3,(H,22,23)/t16-,17?;14-,15?/m11/s1. The van der Waals surface area contributed by atoms with Crippen molar-refractivity contribution in [3.8, 4) is 0 Å². The van der Waals surface area contributed by atoms with E-state index < -0.39 is 30.4 Å². The molecule has 10 nitrogen and oxygen atoms in total. The van der Waals surface area contributed by atoms with E-state index in [0.717, 1.165) is 43.7 Å². The van der Waals surface area contributed by atoms with Crippen LogP contribution in [0.1, 0.15) is 83.5 Å². The Morgan fingerprint density at radius 1 is 0.792 bits per heavy atom. The minimum atomic E-state index is -0.988. The summed E-state index contributed by atoms with van der Waals surface area (Å²) in [6, 6.07) is 5.01. The summed E-state index contributed by atoms with van der Waals surface area (Å²) in [5.74, 6) is -0.915. The fourth-order valence-electron chi connectivity index (χ4n) is 6.22. The van der Waals surface area contributed by atoms with Crippen LogP contribution in [-0.2, 0) is 27.2 Å². The van der Waals surface area contributed by atoms with Gasteiger partial charge in [0.1, 0.15) is 24.4 Å². The van der Waals surface area contributed by atoms with Crippen LogP contribution in [0.15, 0.2) is 46.2 Å². The Balaban J connectivity index is 0.000000261. The summed E-state index contributed by atoms with van der Waals surface area (Å²) < 4.78 is 34.4. The molecule has 2 aromatic rings. The molecule has 12 heteroatoms. The van der Waals surface area contributed by atoms with Crippen molar-refractivity contribution >= 4 is 11.9 Å². The van der Waals surface area contributed by atoms with Gasteiger partial charge in [-0.1, -0.05) is 39.8 Å². The topological polar surface area (TPSA) is 114 Å². The molecular weight excluding hydrogens is 622 g/mol. The molecule has 0 bridgehead atoms. The van der Waals surface area contributed by atoms with E-state index in [0.29, 0.717) is 51.8 Å². The minimum Gasteiger partial charge on any atom is -0.480 e. The maximum Gasteiger partial charge on any atom is 0.329 e. The van der Waals surface area contributed by atoms with Crippen molar-refractivity contribution in [2.75, 3.05) is 45.9 Å². The van der Waals surface area contributed by atoms with Gasteiger partial charge in [0.15, 0.2) is 0 Å². The molecule has 2 aliphatic heterocycles. The SMILES string of the molecule is CC(C)CC(C(=O)O)n1cc(CCN2CC[C@@H](F)C2)ccc1=O.CCOC(=O)C(CC(C)C)n1cc(CCN2CC[C@@H](F)C2)ccc1=O. The number of carboxylic acids is 1. The first-order valence-corrected chi connectivity index (χ1v) is 17.3. The summed E-state index contributed by atoms with van der Waals surface area (Å²) in [7, 11) is 0. The van der Waals surface area contributed by atoms with Gasteiger partial charge in [-0.2, -0.15) is 0 Å². The fraction of sp³-hybridized carbons (Fsp3) is 0.667. The number of carboxylic acid groups (broad SMARTS) is 1. The van der Waals surface area contributed by atoms with Crippen molar-refractivity contribution in [3.63, 3.8) is 0 Å². The molecule has 2 unspecified atom stereocenters. The van der Waals surface area contributed by atoms with E-state index in [2.05, 4.69) is 9.80 Å². The summed E-state index contributed by atoms with van der Waals surface area (Å²) in [4.78, 5) is 52.3. The highest BCUT2D eigenvalue weighted by Crippen LogP contribution is 2.20. The molecule has 0 aromatic carbocycles. The van der Waals surface area contributed by atoms with Gasteiger partial charge in [0.2, 0.25) is 0 Å². The van der Waals surface area contributed by atoms with Crippen LogP contribution in [0.25, 0.3) is 0 Å². The Hall–Kier alpha value is -3.38. The van der Waals surface area contributed by atoms with Crippen LogP contribution >= 0.6 is 0 Å². The summed E-state index contributed by atoms with van der Waals surface area (Å²) in [6.45, 7) is 13.9. The predicted octanol–water partition coefficient (Wildman–Crippen LogP) is 4.69. The molecule has 268 valence electrons. The van der Waals surface area contributed by atoms with Crippen LogP contribution < -0.4 is 11.1 Å². The summed E-state index contributed by atoms with van der Waals surface area (Å²) in [6.07, 6.45) is 5.48. The first-order chi connectivity index (χ1) is 22.8. The van der Waals surface area contributed by atoms with E-state index >= 15 is 0 Å². The molecule has 2 fully saturated rings. The largest absolute Gasteiger partial charge is 0.480 e. The number of ether oxygens (including phenoxy) is 1. The lowest BCUT2D eigenvalue weighted by molar-refractivity contribution is -0.147. The van der Waals surface area contributed by atoms with Gasteiger partial charge in [-0.3, -0.25) is 9.59 Å². The Labute approximate surface area is 282 Å². The highest BCUT2D eigenvalue weighted by Gasteiger charge is 2.26. The third kappa shape index (κ3) is 12.3. The Bertz CT molecular complexity index is 1440. The van der Waals surface area contributed by atoms with Gasteiger partial charge in [0, 0.05) is 63.8 Å². The number of esters is 1. The fourth-order valence-corrected chi connectivity index (χ4v) is 6.22. The quantitative estimate of drug-likeness (QED) is 0.271. The number of aromatic nitrogens is 2. The molecule has 4 heterocycles. The Morgan fingerprint density at radius 3 is 1.60 bits per heavy atom. The molecule has 0 saturated carbocycles. The third-order valence-electron chi connectivity index (χ3n) is 8.77. The highest BCUT2D eigenvalue weighted by atomic mass is 19.1. The average molecular weight is 677 g/mol. The van der Waals surface area contributed by atoms with Gasteiger partial charge in [-0.05, 0) is 68.4 Å². The molecule has 0 spiro atoms. The van der Waals surface area contributed by atoms with Crippen LogP contribution in [0.5, 0.6) is 0 Å². The number of hydrogen-bond donors (Lipinski definition) is 1. The van der Waals surface area contributed by atoms with Crippen LogP contribution in [0.3, 0.4) is 0 Å². The van der Waals surface area contributed by atoms with Crippen LogP contribution in [0.4, 0.5) is 8.78 Å². The molecule has 2 saturated heterocycles. The normalized spacial score (nSPS) is 19.7. The van der Waals surface area contributed by atoms with Gasteiger partial charge >= 0.3 is 11.9 Å². The predicted molar refractivity (Wildman–Crippen MR) is 182 cm³/mol. The molecule has 0 amide bonds. The van der Waals surface area contributed by atoms with Crippen molar-refractivity contribution in [1.29, 1.82) is 0 Å². The maximum atomic E-state index is 13.3. The van der Waals surface area contributed by atoms with Gasteiger partial charge in [-0.25, -0.2) is 18.4 Å². The maximum absolute atomic E-state index is 13.3. The van der Waals surface area contributed by atoms with Crippen molar-refractivity contribution in [3.05, 3.63) is 68.5 Å². The number of alkyl halides is 2. The summed E-state index contributed by atoms with van der Waals surface area (Å²) in [5.41, 5.74) is 1.38. The average Bonchev–Trinajstić information content (AvgIpc) is 3.65. The molecule has 4 atom stereocenters. The molecular formula is C36H54F2N4O6. The lowest BCUT2D eigenvalue weighted by atomic mass is 10.0. The lowest BCUT2D eigenvalue weighted by Gasteiger charge is -2.21. The molecule has 48 heavy (non-hydrogen) atoms. The zero-order chi connectivity index (χ0) is 35.4. The Morgan fingerprint density at radius 2 is 1.23 bits per heavy atom. The second-order valence-electron chi connectivity index (χ2n) is 13.8. The first-order valence-electron chi connectivity index (χ1n) is 17.3. The Kier molecular flexibility index (Phi) is 15.4. The molecule has 0 aliphatic carbocycles. The first kappa shape index (κ1) is 39.1. The molecule has 1 N–H and O–H groups in total. The number of nitrogens with zero attached hydrogens (tertiary/aromatic N) is 4. The van der Waals surface area contributed by atoms with E-state index in [1.807, 2.05) is 27.7 Å². The zero-order valence-electron chi connectivity index (χ0n) is 29.2. The van der Waals surface area contributed by atoms with Crippen LogP contribution in [0.2, 0.25) is 0 Å². The molecule has 0 radical (unpaired) electrons. The minimum absolute atomic E-state index is 0.178. The van der Waals surface area contributed by atoms with Crippen LogP contribution in [-0.4, -0.2) is 94.2 Å². The number of carbonyl (C=O) groups is 2. The van der Waals surface area contributed by atoms with Crippen LogP contribution in [0, 0.1) is 11.8 Å². The number of likely N-dealkylation sites (tertiary alicyclic amines) is 2. The number of aliphatic carboxylic acids is 1. The smallest absolute Gasteiger partial charge is 0.329 e. The number of halogens is 2. The van der Waals surface area contributed by atoms with Crippen molar-refractivity contribution < 1.29 is 28.2 Å². The van der Waals surface area contributed by atoms with Gasteiger partial charge in [-0.15, -0.1) is 0 Å². The van der Waals surface area contributed by atoms with Gasteiger partial charge < -0.3 is 28.8 Å². The second kappa shape index (κ2) is 19.0. The monoisotopic (exact) mass is 676 g/mol. The molecule has 2 aromatic heterocycles. The lowest BCUT2D eigenvalue weighted by Crippen LogP contribution is -2.32. The number of pyridine rings is 2. The van der Waals surface area contributed by atoms with E-state index in [-0.39, 0.29) is 28.9 Å². The van der Waals surface area contributed by atoms with E-state index in [4.69, 9.17) is 4.74 Å². The zero-order valence-corrected chi connectivity index (χ0v) is 29.2. The second-order valence-corrected chi connectivity index (χ2v) is 13.8. The third-order valence-corrected chi connectivity index (χ3v) is 8.77. The number of rotatable bonds is 15. The van der Waals surface area contributed by atoms with Crippen molar-refractivity contribution in [1.82, 2.24) is 18.9 Å².